The predicted octanol–water partition coefficient (Wildman–Crippen LogP) is 3.90. The number of halogens is 2. The van der Waals surface area contributed by atoms with Gasteiger partial charge in [-0.1, -0.05) is 23.7 Å². The van der Waals surface area contributed by atoms with Gasteiger partial charge in [-0.2, -0.15) is 17.0 Å². The van der Waals surface area contributed by atoms with Gasteiger partial charge in [0, 0.05) is 48.8 Å². The van der Waals surface area contributed by atoms with E-state index >= 15 is 0 Å². The van der Waals surface area contributed by atoms with Crippen molar-refractivity contribution in [2.45, 2.75) is 32.0 Å². The Labute approximate surface area is 168 Å². The van der Waals surface area contributed by atoms with E-state index in [4.69, 9.17) is 16.3 Å². The average molecular weight is 433 g/mol. The van der Waals surface area contributed by atoms with E-state index in [0.29, 0.717) is 6.61 Å². The van der Waals surface area contributed by atoms with Crippen LogP contribution in [0.5, 0.6) is 0 Å². The second-order valence-electron chi connectivity index (χ2n) is 6.47. The number of ether oxygens (including phenoxy) is 1. The summed E-state index contributed by atoms with van der Waals surface area (Å²) in [6.07, 6.45) is 1.64. The molecule has 0 amide bonds. The molecule has 3 rings (SSSR count). The predicted molar refractivity (Wildman–Crippen MR) is 105 cm³/mol. The third kappa shape index (κ3) is 5.07. The number of benzene rings is 1. The first kappa shape index (κ1) is 20.7. The molecule has 0 radical (unpaired) electrons. The van der Waals surface area contributed by atoms with Crippen LogP contribution in [-0.4, -0.2) is 43.3 Å². The number of hydrogen-bond donors (Lipinski definition) is 0. The molecule has 27 heavy (non-hydrogen) atoms. The first-order valence-electron chi connectivity index (χ1n) is 8.66. The zero-order valence-electron chi connectivity index (χ0n) is 15.0. The maximum absolute atomic E-state index is 14.1. The van der Waals surface area contributed by atoms with Gasteiger partial charge in [-0.05, 0) is 36.4 Å². The van der Waals surface area contributed by atoms with Crippen LogP contribution in [0.15, 0.2) is 35.7 Å². The first-order valence-corrected chi connectivity index (χ1v) is 11.3. The Hall–Kier alpha value is -1.03. The highest BCUT2D eigenvalue weighted by atomic mass is 35.5. The summed E-state index contributed by atoms with van der Waals surface area (Å²) < 4.78 is 48.7. The van der Waals surface area contributed by atoms with Crippen molar-refractivity contribution in [1.82, 2.24) is 8.61 Å². The highest BCUT2D eigenvalue weighted by Gasteiger charge is 2.32. The van der Waals surface area contributed by atoms with Gasteiger partial charge in [0.2, 0.25) is 0 Å². The monoisotopic (exact) mass is 432 g/mol. The molecule has 1 aromatic heterocycles. The van der Waals surface area contributed by atoms with Gasteiger partial charge in [0.25, 0.3) is 10.2 Å². The molecule has 0 spiro atoms. The SMILES string of the molecule is CN(Cc1c(F)cccc1Cl)S(=O)(=O)N(Cc1cccs1)CC1CCCO1. The van der Waals surface area contributed by atoms with Crippen LogP contribution in [0.3, 0.4) is 0 Å². The van der Waals surface area contributed by atoms with Gasteiger partial charge in [0.1, 0.15) is 5.82 Å². The van der Waals surface area contributed by atoms with Gasteiger partial charge in [-0.3, -0.25) is 0 Å². The third-order valence-electron chi connectivity index (χ3n) is 4.51. The minimum atomic E-state index is -3.83. The Morgan fingerprint density at radius 1 is 1.30 bits per heavy atom. The van der Waals surface area contributed by atoms with Crippen LogP contribution in [0.1, 0.15) is 23.3 Å². The fraction of sp³-hybridized carbons (Fsp3) is 0.444. The van der Waals surface area contributed by atoms with E-state index in [1.54, 1.807) is 6.07 Å². The second kappa shape index (κ2) is 8.98. The lowest BCUT2D eigenvalue weighted by Gasteiger charge is -2.29. The minimum absolute atomic E-state index is 0.120. The molecule has 1 unspecified atom stereocenters. The zero-order valence-corrected chi connectivity index (χ0v) is 17.4. The van der Waals surface area contributed by atoms with E-state index in [2.05, 4.69) is 0 Å². The molecule has 0 N–H and O–H groups in total. The Bertz CT molecular complexity index is 835. The van der Waals surface area contributed by atoms with Crippen LogP contribution in [0, 0.1) is 5.82 Å². The Morgan fingerprint density at radius 3 is 2.74 bits per heavy atom. The number of thiophene rings is 1. The van der Waals surface area contributed by atoms with Gasteiger partial charge in [0.15, 0.2) is 0 Å². The van der Waals surface area contributed by atoms with Gasteiger partial charge >= 0.3 is 0 Å². The van der Waals surface area contributed by atoms with E-state index in [9.17, 15) is 12.8 Å². The molecule has 2 aromatic rings. The second-order valence-corrected chi connectivity index (χ2v) is 9.95. The molecule has 2 heterocycles. The Balaban J connectivity index is 1.81. The molecular weight excluding hydrogens is 411 g/mol. The van der Waals surface area contributed by atoms with Crippen molar-refractivity contribution in [3.8, 4) is 0 Å². The van der Waals surface area contributed by atoms with Crippen molar-refractivity contribution in [3.63, 3.8) is 0 Å². The topological polar surface area (TPSA) is 49.9 Å². The molecule has 1 aromatic carbocycles. The first-order chi connectivity index (χ1) is 12.9. The van der Waals surface area contributed by atoms with Crippen LogP contribution < -0.4 is 0 Å². The van der Waals surface area contributed by atoms with Crippen molar-refractivity contribution >= 4 is 33.1 Å². The van der Waals surface area contributed by atoms with Crippen LogP contribution in [0.25, 0.3) is 0 Å². The summed E-state index contributed by atoms with van der Waals surface area (Å²) >= 11 is 7.56. The lowest BCUT2D eigenvalue weighted by Crippen LogP contribution is -2.44. The molecule has 0 aliphatic carbocycles. The van der Waals surface area contributed by atoms with E-state index in [-0.39, 0.29) is 36.3 Å². The molecule has 1 fully saturated rings. The molecule has 9 heteroatoms. The van der Waals surface area contributed by atoms with Crippen LogP contribution >= 0.6 is 22.9 Å². The molecular formula is C18H22ClFN2O3S2. The summed E-state index contributed by atoms with van der Waals surface area (Å²) in [6, 6.07) is 8.11. The molecule has 1 atom stereocenters. The third-order valence-corrected chi connectivity index (χ3v) is 7.57. The van der Waals surface area contributed by atoms with Crippen molar-refractivity contribution in [2.75, 3.05) is 20.2 Å². The van der Waals surface area contributed by atoms with Gasteiger partial charge in [-0.25, -0.2) is 4.39 Å². The maximum atomic E-state index is 14.1. The fourth-order valence-electron chi connectivity index (χ4n) is 3.02. The number of nitrogens with zero attached hydrogens (tertiary/aromatic N) is 2. The number of rotatable bonds is 8. The summed E-state index contributed by atoms with van der Waals surface area (Å²) in [5.74, 6) is -0.520. The molecule has 0 bridgehead atoms. The summed E-state index contributed by atoms with van der Waals surface area (Å²) in [6.45, 7) is 1.04. The van der Waals surface area contributed by atoms with Crippen molar-refractivity contribution in [1.29, 1.82) is 0 Å². The minimum Gasteiger partial charge on any atom is -0.377 e. The molecule has 1 saturated heterocycles. The average Bonchev–Trinajstić information content (AvgIpc) is 3.31. The van der Waals surface area contributed by atoms with Crippen molar-refractivity contribution < 1.29 is 17.5 Å². The van der Waals surface area contributed by atoms with Gasteiger partial charge < -0.3 is 4.74 Å². The quantitative estimate of drug-likeness (QED) is 0.635. The largest absolute Gasteiger partial charge is 0.377 e. The molecule has 1 aliphatic heterocycles. The van der Waals surface area contributed by atoms with Crippen LogP contribution in [-0.2, 0) is 28.0 Å². The smallest absolute Gasteiger partial charge is 0.282 e. The van der Waals surface area contributed by atoms with Gasteiger partial charge in [-0.15, -0.1) is 11.3 Å². The van der Waals surface area contributed by atoms with Crippen molar-refractivity contribution in [3.05, 3.63) is 57.0 Å². The Kier molecular flexibility index (Phi) is 6.88. The lowest BCUT2D eigenvalue weighted by molar-refractivity contribution is 0.0912. The molecule has 1 aliphatic rings. The van der Waals surface area contributed by atoms with E-state index in [1.807, 2.05) is 17.5 Å². The Morgan fingerprint density at radius 2 is 2.11 bits per heavy atom. The lowest BCUT2D eigenvalue weighted by atomic mass is 10.2. The summed E-state index contributed by atoms with van der Waals surface area (Å²) in [5.41, 5.74) is 0.165. The summed E-state index contributed by atoms with van der Waals surface area (Å²) in [4.78, 5) is 0.939. The van der Waals surface area contributed by atoms with Gasteiger partial charge in [0.05, 0.1) is 6.10 Å². The molecule has 0 saturated carbocycles. The summed E-state index contributed by atoms with van der Waals surface area (Å²) in [7, 11) is -2.39. The standard InChI is InChI=1S/C18H22ClFN2O3S2/c1-21(13-16-17(19)7-2-8-18(16)20)27(23,24)22(11-14-5-3-9-25-14)12-15-6-4-10-26-15/h2,4,6-8,10,14H,3,5,9,11-13H2,1H3. The fourth-order valence-corrected chi connectivity index (χ4v) is 5.38. The normalized spacial score (nSPS) is 17.9. The van der Waals surface area contributed by atoms with E-state index in [1.165, 1.54) is 34.8 Å². The van der Waals surface area contributed by atoms with Crippen molar-refractivity contribution in [2.24, 2.45) is 0 Å². The van der Waals surface area contributed by atoms with Crippen LogP contribution in [0.4, 0.5) is 4.39 Å². The molecule has 148 valence electrons. The molecule has 5 nitrogen and oxygen atoms in total. The van der Waals surface area contributed by atoms with Crippen LogP contribution in [0.2, 0.25) is 5.02 Å². The van der Waals surface area contributed by atoms with E-state index < -0.39 is 16.0 Å². The summed E-state index contributed by atoms with van der Waals surface area (Å²) in [5, 5.41) is 2.12. The zero-order chi connectivity index (χ0) is 19.4. The number of hydrogen-bond acceptors (Lipinski definition) is 4. The highest BCUT2D eigenvalue weighted by molar-refractivity contribution is 7.86. The van der Waals surface area contributed by atoms with E-state index in [0.717, 1.165) is 22.0 Å². The highest BCUT2D eigenvalue weighted by Crippen LogP contribution is 2.25. The maximum Gasteiger partial charge on any atom is 0.282 e.